The fourth-order valence-corrected chi connectivity index (χ4v) is 1.22. The van der Waals surface area contributed by atoms with Crippen molar-refractivity contribution in [3.63, 3.8) is 0 Å². The molecule has 8 heteroatoms. The third-order valence-electron chi connectivity index (χ3n) is 2.27. The summed E-state index contributed by atoms with van der Waals surface area (Å²) in [5.41, 5.74) is 0.643. The number of carbonyl (C=O) groups is 2. The van der Waals surface area contributed by atoms with Crippen LogP contribution in [0.3, 0.4) is 0 Å². The van der Waals surface area contributed by atoms with Crippen molar-refractivity contribution in [1.29, 1.82) is 0 Å². The summed E-state index contributed by atoms with van der Waals surface area (Å²) in [7, 11) is 0. The maximum atomic E-state index is 9.93. The van der Waals surface area contributed by atoms with Gasteiger partial charge in [-0.25, -0.2) is 4.98 Å². The molecule has 0 amide bonds. The third kappa shape index (κ3) is 13.2. The van der Waals surface area contributed by atoms with Crippen molar-refractivity contribution in [3.05, 3.63) is 24.3 Å². The number of hydrogen-bond acceptors (Lipinski definition) is 6. The van der Waals surface area contributed by atoms with Crippen LogP contribution >= 0.6 is 0 Å². The molecule has 0 aliphatic carbocycles. The minimum absolute atomic E-state index is 0. The number of nitrogens with zero attached hydrogens (tertiary/aromatic N) is 1. The van der Waals surface area contributed by atoms with Crippen molar-refractivity contribution in [3.8, 4) is 0 Å². The van der Waals surface area contributed by atoms with Gasteiger partial charge < -0.3 is 29.9 Å². The second-order valence-electron chi connectivity index (χ2n) is 3.99. The van der Waals surface area contributed by atoms with Crippen molar-refractivity contribution >= 4 is 18.0 Å². The van der Waals surface area contributed by atoms with Gasteiger partial charge in [0.25, 0.3) is 0 Å². The number of aliphatic carboxylic acids is 2. The summed E-state index contributed by atoms with van der Waals surface area (Å²) in [6, 6.07) is 0. The Morgan fingerprint density at radius 3 is 2.52 bits per heavy atom. The number of carboxylic acids is 2. The van der Waals surface area contributed by atoms with Crippen molar-refractivity contribution < 1.29 is 44.4 Å². The number of aromatic amines is 1. The number of aliphatic hydroxyl groups is 1. The molecule has 1 heterocycles. The number of carbonyl (C=O) groups excluding carboxylic acids is 2. The monoisotopic (exact) mass is 346 g/mol. The molecule has 1 aromatic rings. The van der Waals surface area contributed by atoms with Gasteiger partial charge in [0.1, 0.15) is 0 Å². The molecule has 1 aromatic heterocycles. The van der Waals surface area contributed by atoms with Gasteiger partial charge in [0.15, 0.2) is 0 Å². The first-order valence-electron chi connectivity index (χ1n) is 6.23. The van der Waals surface area contributed by atoms with E-state index < -0.39 is 18.0 Å². The van der Waals surface area contributed by atoms with Gasteiger partial charge in [-0.15, -0.1) is 0 Å². The van der Waals surface area contributed by atoms with Gasteiger partial charge in [-0.1, -0.05) is 26.2 Å². The van der Waals surface area contributed by atoms with Crippen molar-refractivity contribution in [2.45, 2.75) is 38.7 Å². The summed E-state index contributed by atoms with van der Waals surface area (Å²) in [6.07, 6.45) is 7.09. The minimum atomic E-state index is -1.36. The summed E-state index contributed by atoms with van der Waals surface area (Å²) in [6.45, 7) is 2.02. The van der Waals surface area contributed by atoms with Crippen molar-refractivity contribution in [2.75, 3.05) is 0 Å². The van der Waals surface area contributed by atoms with Crippen LogP contribution in [0.25, 0.3) is 6.08 Å². The number of aliphatic hydroxyl groups excluding tert-OH is 1. The number of carboxylic acid groups (broad SMARTS) is 2. The van der Waals surface area contributed by atoms with Crippen LogP contribution in [0.5, 0.6) is 0 Å². The standard InChI is InChI=1S/C7H14O3.C6H6N2O2.Zn/c1-2-3-4-5-6(8)7(9)10;9-6(10)2-1-5-3-7-4-8-5;/h6,8H,2-5H2,1H3,(H,9,10);1-4H,(H,7,8)(H,9,10);/q;;+2/p-2/b;2-1+;. The van der Waals surface area contributed by atoms with Crippen LogP contribution < -0.4 is 10.2 Å². The number of unbranched alkanes of at least 4 members (excludes halogenated alkanes) is 2. The summed E-state index contributed by atoms with van der Waals surface area (Å²) >= 11 is 0. The topological polar surface area (TPSA) is 129 Å². The smallest absolute Gasteiger partial charge is 0.547 e. The van der Waals surface area contributed by atoms with Gasteiger partial charge in [0.2, 0.25) is 0 Å². The zero-order valence-electron chi connectivity index (χ0n) is 11.9. The van der Waals surface area contributed by atoms with Gasteiger partial charge >= 0.3 is 19.5 Å². The second-order valence-corrected chi connectivity index (χ2v) is 3.99. The number of hydrogen-bond donors (Lipinski definition) is 2. The summed E-state index contributed by atoms with van der Waals surface area (Å²) in [4.78, 5) is 26.2. The van der Waals surface area contributed by atoms with Gasteiger partial charge in [0.05, 0.1) is 36.3 Å². The summed E-state index contributed by atoms with van der Waals surface area (Å²) < 4.78 is 0. The Morgan fingerprint density at radius 2 is 2.10 bits per heavy atom. The van der Waals surface area contributed by atoms with Crippen LogP contribution in [-0.2, 0) is 29.1 Å². The molecule has 1 atom stereocenters. The minimum Gasteiger partial charge on any atom is -0.547 e. The Bertz CT molecular complexity index is 420. The molecule has 0 aliphatic heterocycles. The number of imidazole rings is 1. The first-order chi connectivity index (χ1) is 9.47. The average molecular weight is 348 g/mol. The van der Waals surface area contributed by atoms with Gasteiger partial charge in [-0.05, 0) is 18.6 Å². The molecule has 0 saturated heterocycles. The first-order valence-corrected chi connectivity index (χ1v) is 6.23. The van der Waals surface area contributed by atoms with Crippen LogP contribution in [0.2, 0.25) is 0 Å². The van der Waals surface area contributed by atoms with E-state index in [1.165, 1.54) is 18.6 Å². The van der Waals surface area contributed by atoms with Crippen molar-refractivity contribution in [1.82, 2.24) is 9.97 Å². The fraction of sp³-hybridized carbons (Fsp3) is 0.462. The largest absolute Gasteiger partial charge is 2.00 e. The molecule has 1 rings (SSSR count). The van der Waals surface area contributed by atoms with E-state index in [9.17, 15) is 19.8 Å². The van der Waals surface area contributed by atoms with E-state index in [0.717, 1.165) is 25.3 Å². The molecule has 0 aliphatic rings. The van der Waals surface area contributed by atoms with Crippen LogP contribution in [0.15, 0.2) is 18.6 Å². The van der Waals surface area contributed by atoms with Gasteiger partial charge in [0, 0.05) is 0 Å². The fourth-order valence-electron chi connectivity index (χ4n) is 1.22. The first kappa shape index (κ1) is 21.8. The predicted octanol–water partition coefficient (Wildman–Crippen LogP) is -1.15. The summed E-state index contributed by atoms with van der Waals surface area (Å²) in [5.74, 6) is -2.58. The molecule has 0 radical (unpaired) electrons. The van der Waals surface area contributed by atoms with E-state index in [1.54, 1.807) is 0 Å². The molecule has 7 nitrogen and oxygen atoms in total. The molecular formula is C13H18N2O5Zn. The maximum Gasteiger partial charge on any atom is 2.00 e. The molecule has 21 heavy (non-hydrogen) atoms. The quantitative estimate of drug-likeness (QED) is 0.364. The Balaban J connectivity index is 0. The molecule has 112 valence electrons. The van der Waals surface area contributed by atoms with E-state index in [-0.39, 0.29) is 19.5 Å². The van der Waals surface area contributed by atoms with Crippen LogP contribution in [0.1, 0.15) is 38.3 Å². The number of aromatic nitrogens is 2. The number of rotatable bonds is 7. The molecule has 0 saturated carbocycles. The Morgan fingerprint density at radius 1 is 1.43 bits per heavy atom. The Labute approximate surface area is 135 Å². The Kier molecular flexibility index (Phi) is 13.9. The van der Waals surface area contributed by atoms with E-state index in [1.807, 2.05) is 6.92 Å². The molecule has 0 bridgehead atoms. The van der Waals surface area contributed by atoms with Crippen LogP contribution in [0.4, 0.5) is 0 Å². The number of H-pyrrole nitrogens is 1. The van der Waals surface area contributed by atoms with Crippen LogP contribution in [0, 0.1) is 0 Å². The van der Waals surface area contributed by atoms with E-state index in [2.05, 4.69) is 9.97 Å². The van der Waals surface area contributed by atoms with Gasteiger partial charge in [-0.2, -0.15) is 0 Å². The summed E-state index contributed by atoms with van der Waals surface area (Å²) in [5, 5.41) is 28.5. The van der Waals surface area contributed by atoms with E-state index in [0.29, 0.717) is 12.1 Å². The molecule has 0 spiro atoms. The predicted molar refractivity (Wildman–Crippen MR) is 67.8 cm³/mol. The number of nitrogens with one attached hydrogen (secondary N) is 1. The molecule has 0 aromatic carbocycles. The zero-order chi connectivity index (χ0) is 15.4. The normalized spacial score (nSPS) is 11.1. The molecule has 1 unspecified atom stereocenters. The van der Waals surface area contributed by atoms with E-state index in [4.69, 9.17) is 5.11 Å². The maximum absolute atomic E-state index is 9.93. The Hall–Kier alpha value is -1.53. The SMILES string of the molecule is CCCCCC(O)C(=O)[O-].O=C([O-])/C=C/c1cnc[nH]1.[Zn+2]. The molecular weight excluding hydrogens is 330 g/mol. The van der Waals surface area contributed by atoms with Crippen molar-refractivity contribution in [2.24, 2.45) is 0 Å². The second kappa shape index (κ2) is 13.5. The molecule has 0 fully saturated rings. The van der Waals surface area contributed by atoms with E-state index >= 15 is 0 Å². The third-order valence-corrected chi connectivity index (χ3v) is 2.27. The zero-order valence-corrected chi connectivity index (χ0v) is 14.9. The van der Waals surface area contributed by atoms with Gasteiger partial charge in [-0.3, -0.25) is 0 Å². The van der Waals surface area contributed by atoms with Crippen LogP contribution in [-0.4, -0.2) is 33.1 Å². The molecule has 2 N–H and O–H groups in total. The average Bonchev–Trinajstić information content (AvgIpc) is 2.90.